The molecule has 0 aromatic heterocycles. The number of hydrogen-bond donors (Lipinski definition) is 0. The summed E-state index contributed by atoms with van der Waals surface area (Å²) in [6, 6.07) is 22.8. The average Bonchev–Trinajstić information content (AvgIpc) is 3.09. The van der Waals surface area contributed by atoms with Crippen molar-refractivity contribution in [2.24, 2.45) is 0 Å². The van der Waals surface area contributed by atoms with Crippen molar-refractivity contribution in [2.75, 3.05) is 13.2 Å². The van der Waals surface area contributed by atoms with E-state index in [9.17, 15) is 9.59 Å². The molecular weight excluding hydrogens is 600 g/mol. The minimum atomic E-state index is -0.397. The second kappa shape index (κ2) is 22.5. The molecule has 0 aliphatic carbocycles. The van der Waals surface area contributed by atoms with Gasteiger partial charge in [-0.05, 0) is 99.2 Å². The number of carbonyl (C=O) groups is 2. The van der Waals surface area contributed by atoms with Crippen LogP contribution in [-0.4, -0.2) is 31.3 Å². The highest BCUT2D eigenvalue weighted by atomic mass is 16.5. The highest BCUT2D eigenvalue weighted by molar-refractivity contribution is 5.91. The molecule has 48 heavy (non-hydrogen) atoms. The molecule has 0 N–H and O–H groups in total. The lowest BCUT2D eigenvalue weighted by atomic mass is 10.1. The van der Waals surface area contributed by atoms with E-state index >= 15 is 0 Å². The van der Waals surface area contributed by atoms with Gasteiger partial charge in [0.15, 0.2) is 0 Å². The molecule has 6 nitrogen and oxygen atoms in total. The van der Waals surface area contributed by atoms with Gasteiger partial charge in [-0.3, -0.25) is 0 Å². The molecule has 0 heterocycles. The number of unbranched alkanes of at least 4 members (excludes halogenated alkanes) is 11. The van der Waals surface area contributed by atoms with E-state index in [2.05, 4.69) is 32.6 Å². The van der Waals surface area contributed by atoms with E-state index < -0.39 is 5.97 Å². The van der Waals surface area contributed by atoms with E-state index in [-0.39, 0.29) is 12.1 Å². The molecule has 0 aliphatic rings. The highest BCUT2D eigenvalue weighted by Gasteiger charge is 2.10. The number of esters is 2. The van der Waals surface area contributed by atoms with E-state index in [4.69, 9.17) is 18.9 Å². The van der Waals surface area contributed by atoms with Crippen molar-refractivity contribution in [3.05, 3.63) is 90.5 Å². The van der Waals surface area contributed by atoms with Crippen molar-refractivity contribution in [1.29, 1.82) is 0 Å². The first-order valence-electron chi connectivity index (χ1n) is 18.0. The third-order valence-electron chi connectivity index (χ3n) is 8.28. The van der Waals surface area contributed by atoms with Crippen molar-refractivity contribution < 1.29 is 28.5 Å². The van der Waals surface area contributed by atoms with Crippen LogP contribution in [0.2, 0.25) is 0 Å². The quantitative estimate of drug-likeness (QED) is 0.0413. The minimum Gasteiger partial charge on any atom is -0.494 e. The normalized spacial score (nSPS) is 11.5. The van der Waals surface area contributed by atoms with Gasteiger partial charge in [0.25, 0.3) is 0 Å². The third kappa shape index (κ3) is 15.2. The van der Waals surface area contributed by atoms with Crippen LogP contribution in [0.3, 0.4) is 0 Å². The van der Waals surface area contributed by atoms with Crippen LogP contribution in [0.15, 0.2) is 84.9 Å². The van der Waals surface area contributed by atoms with Crippen LogP contribution in [0.5, 0.6) is 17.2 Å². The van der Waals surface area contributed by atoms with E-state index in [1.54, 1.807) is 19.1 Å². The zero-order valence-electron chi connectivity index (χ0n) is 29.5. The minimum absolute atomic E-state index is 0.207. The van der Waals surface area contributed by atoms with Gasteiger partial charge in [-0.25, -0.2) is 9.59 Å². The predicted octanol–water partition coefficient (Wildman–Crippen LogP) is 11.3. The molecule has 6 heteroatoms. The summed E-state index contributed by atoms with van der Waals surface area (Å²) in [6.45, 7) is 10.8. The maximum atomic E-state index is 12.7. The Hall–Kier alpha value is -4.06. The van der Waals surface area contributed by atoms with Gasteiger partial charge in [0.05, 0.1) is 24.9 Å². The van der Waals surface area contributed by atoms with E-state index in [1.807, 2.05) is 48.5 Å². The molecule has 1 atom stereocenters. The summed E-state index contributed by atoms with van der Waals surface area (Å²) < 4.78 is 22.7. The standard InChI is InChI=1S/C42H56O6/c1-5-6-7-15-18-34(4)47-39-27-19-35(20-28-39)36-21-29-40(30-22-36)48-42(44)37-23-25-38(26-24-37)45-31-16-13-11-9-8-10-12-14-17-32-46-41(43)33(2)3/h19-30,34H,2,5-18,31-32H2,1,3-4H3. The first kappa shape index (κ1) is 38.4. The summed E-state index contributed by atoms with van der Waals surface area (Å²) in [5.74, 6) is 1.45. The molecule has 260 valence electrons. The third-order valence-corrected chi connectivity index (χ3v) is 8.28. The first-order valence-corrected chi connectivity index (χ1v) is 18.0. The van der Waals surface area contributed by atoms with E-state index in [0.29, 0.717) is 30.1 Å². The fourth-order valence-electron chi connectivity index (χ4n) is 5.36. The van der Waals surface area contributed by atoms with Gasteiger partial charge >= 0.3 is 11.9 Å². The number of carbonyl (C=O) groups excluding carboxylic acids is 2. The average molecular weight is 657 g/mol. The molecule has 0 aliphatic heterocycles. The second-order valence-electron chi connectivity index (χ2n) is 12.7. The Kier molecular flexibility index (Phi) is 18.0. The lowest BCUT2D eigenvalue weighted by molar-refractivity contribution is -0.139. The molecule has 0 saturated carbocycles. The molecule has 0 radical (unpaired) electrons. The molecular formula is C42H56O6. The molecule has 0 bridgehead atoms. The summed E-state index contributed by atoms with van der Waals surface area (Å²) in [7, 11) is 0. The van der Waals surface area contributed by atoms with Gasteiger partial charge in [0.1, 0.15) is 17.2 Å². The smallest absolute Gasteiger partial charge is 0.343 e. The molecule has 0 saturated heterocycles. The Bertz CT molecular complexity index is 1340. The summed E-state index contributed by atoms with van der Waals surface area (Å²) >= 11 is 0. The second-order valence-corrected chi connectivity index (χ2v) is 12.7. The summed E-state index contributed by atoms with van der Waals surface area (Å²) in [6.07, 6.45) is 16.5. The van der Waals surface area contributed by atoms with Crippen LogP contribution >= 0.6 is 0 Å². The van der Waals surface area contributed by atoms with Crippen LogP contribution in [0.25, 0.3) is 11.1 Å². The highest BCUT2D eigenvalue weighted by Crippen LogP contribution is 2.26. The van der Waals surface area contributed by atoms with Gasteiger partial charge in [-0.1, -0.05) is 102 Å². The van der Waals surface area contributed by atoms with Crippen LogP contribution < -0.4 is 14.2 Å². The molecule has 1 unspecified atom stereocenters. The zero-order chi connectivity index (χ0) is 34.4. The van der Waals surface area contributed by atoms with Gasteiger partial charge in [0.2, 0.25) is 0 Å². The summed E-state index contributed by atoms with van der Waals surface area (Å²) in [5, 5.41) is 0. The van der Waals surface area contributed by atoms with Crippen molar-refractivity contribution >= 4 is 11.9 Å². The lowest BCUT2D eigenvalue weighted by Crippen LogP contribution is -2.11. The van der Waals surface area contributed by atoms with Gasteiger partial charge in [-0.15, -0.1) is 0 Å². The van der Waals surface area contributed by atoms with Crippen molar-refractivity contribution in [3.8, 4) is 28.4 Å². The van der Waals surface area contributed by atoms with E-state index in [0.717, 1.165) is 54.7 Å². The van der Waals surface area contributed by atoms with Crippen molar-refractivity contribution in [3.63, 3.8) is 0 Å². The Morgan fingerprint density at radius 2 is 1.12 bits per heavy atom. The molecule has 0 amide bonds. The van der Waals surface area contributed by atoms with Gasteiger partial charge < -0.3 is 18.9 Å². The van der Waals surface area contributed by atoms with Crippen molar-refractivity contribution in [1.82, 2.24) is 0 Å². The molecule has 3 aromatic carbocycles. The van der Waals surface area contributed by atoms with Crippen LogP contribution in [0.1, 0.15) is 121 Å². The maximum Gasteiger partial charge on any atom is 0.343 e. The SMILES string of the molecule is C=C(C)C(=O)OCCCCCCCCCCCOc1ccc(C(=O)Oc2ccc(-c3ccc(OC(C)CCCCCC)cc3)cc2)cc1. The fourth-order valence-corrected chi connectivity index (χ4v) is 5.36. The summed E-state index contributed by atoms with van der Waals surface area (Å²) in [5.41, 5.74) is 3.06. The number of ether oxygens (including phenoxy) is 4. The largest absolute Gasteiger partial charge is 0.494 e. The van der Waals surface area contributed by atoms with Crippen molar-refractivity contribution in [2.45, 2.75) is 117 Å². The van der Waals surface area contributed by atoms with Crippen LogP contribution in [0, 0.1) is 0 Å². The van der Waals surface area contributed by atoms with Gasteiger partial charge in [-0.2, -0.15) is 0 Å². The zero-order valence-corrected chi connectivity index (χ0v) is 29.5. The lowest BCUT2D eigenvalue weighted by Gasteiger charge is -2.15. The Balaban J connectivity index is 1.27. The van der Waals surface area contributed by atoms with E-state index in [1.165, 1.54) is 57.8 Å². The maximum absolute atomic E-state index is 12.7. The Morgan fingerprint density at radius 3 is 1.69 bits per heavy atom. The molecule has 3 aromatic rings. The Morgan fingerprint density at radius 1 is 0.625 bits per heavy atom. The monoisotopic (exact) mass is 656 g/mol. The molecule has 0 fully saturated rings. The predicted molar refractivity (Wildman–Crippen MR) is 195 cm³/mol. The number of rotatable bonds is 24. The first-order chi connectivity index (χ1) is 23.4. The van der Waals surface area contributed by atoms with Gasteiger partial charge in [0, 0.05) is 5.57 Å². The van der Waals surface area contributed by atoms with Crippen LogP contribution in [-0.2, 0) is 9.53 Å². The van der Waals surface area contributed by atoms with Crippen LogP contribution in [0.4, 0.5) is 0 Å². The topological polar surface area (TPSA) is 71.1 Å². The Labute approximate surface area is 288 Å². The molecule has 3 rings (SSSR count). The number of hydrogen-bond acceptors (Lipinski definition) is 6. The summed E-state index contributed by atoms with van der Waals surface area (Å²) in [4.78, 5) is 24.1. The molecule has 0 spiro atoms. The number of benzene rings is 3. The fraction of sp³-hybridized carbons (Fsp3) is 0.476.